The van der Waals surface area contributed by atoms with Crippen molar-refractivity contribution in [1.29, 1.82) is 0 Å². The van der Waals surface area contributed by atoms with Gasteiger partial charge < -0.3 is 57.5 Å². The van der Waals surface area contributed by atoms with E-state index in [0.29, 0.717) is 96.4 Å². The van der Waals surface area contributed by atoms with Crippen molar-refractivity contribution in [3.05, 3.63) is 265 Å². The third-order valence-electron chi connectivity index (χ3n) is 26.6. The number of methoxy groups -OCH3 is 8. The van der Waals surface area contributed by atoms with E-state index in [-0.39, 0.29) is 73.4 Å². The third-order valence-corrected chi connectivity index (χ3v) is 27.5. The zero-order chi connectivity index (χ0) is 94.5. The molecule has 4 saturated heterocycles. The average Bonchev–Trinajstić information content (AvgIpc) is 1.62. The molecule has 0 radical (unpaired) electrons. The molecule has 19 rings (SSSR count). The monoisotopic (exact) mass is 1850 g/mol. The smallest absolute Gasteiger partial charge is 0.263 e. The first-order valence-corrected chi connectivity index (χ1v) is 47.2. The Morgan fingerprint density at radius 2 is 0.622 bits per heavy atom. The molecule has 2 aromatic heterocycles. The zero-order valence-corrected chi connectivity index (χ0v) is 79.4. The minimum atomic E-state index is -0.267. The second kappa shape index (κ2) is 43.3. The summed E-state index contributed by atoms with van der Waals surface area (Å²) in [6, 6.07) is 52.4. The summed E-state index contributed by atoms with van der Waals surface area (Å²) < 4.78 is 42.7. The van der Waals surface area contributed by atoms with Gasteiger partial charge in [0.25, 0.3) is 47.3 Å². The van der Waals surface area contributed by atoms with Crippen molar-refractivity contribution in [2.45, 2.75) is 78.8 Å². The highest BCUT2D eigenvalue weighted by atomic mass is 32.1. The Morgan fingerprint density at radius 3 is 0.911 bits per heavy atom. The van der Waals surface area contributed by atoms with Gasteiger partial charge in [0.15, 0.2) is 46.0 Å². The van der Waals surface area contributed by atoms with Crippen molar-refractivity contribution in [3.8, 4) is 46.0 Å². The molecule has 5 fully saturated rings. The fourth-order valence-electron chi connectivity index (χ4n) is 19.6. The summed E-state index contributed by atoms with van der Waals surface area (Å²) in [6.07, 6.45) is 9.14. The second-order valence-corrected chi connectivity index (χ2v) is 36.5. The summed E-state index contributed by atoms with van der Waals surface area (Å²) in [5.74, 6) is 4.21. The minimum absolute atomic E-state index is 0.172. The molecule has 8 amide bonds. The topological polar surface area (TPSA) is 262 Å². The number of thiophene rings is 1. The molecule has 29 nitrogen and oxygen atoms in total. The number of amides is 8. The van der Waals surface area contributed by atoms with Gasteiger partial charge in [-0.15, -0.1) is 11.3 Å². The maximum atomic E-state index is 13.5. The number of imide groups is 4. The maximum absolute atomic E-state index is 13.5. The molecule has 0 unspecified atom stereocenters. The molecule has 10 aromatic rings. The Kier molecular flexibility index (Phi) is 30.4. The molecule has 9 aliphatic rings. The maximum Gasteiger partial charge on any atom is 0.263 e. The van der Waals surface area contributed by atoms with Gasteiger partial charge in [-0.3, -0.25) is 82.5 Å². The van der Waals surface area contributed by atoms with Gasteiger partial charge in [-0.2, -0.15) is 0 Å². The predicted octanol–water partition coefficient (Wildman–Crippen LogP) is 14.2. The molecule has 1 aliphatic carbocycles. The summed E-state index contributed by atoms with van der Waals surface area (Å²) in [5.41, 5.74) is 11.8. The van der Waals surface area contributed by atoms with Crippen LogP contribution in [0.15, 0.2) is 188 Å². The Balaban J connectivity index is 0.000000131. The molecule has 135 heavy (non-hydrogen) atoms. The molecule has 0 N–H and O–H groups in total. The number of hydrogen-bond donors (Lipinski definition) is 0. The van der Waals surface area contributed by atoms with Crippen molar-refractivity contribution in [2.75, 3.05) is 194 Å². The number of carbonyl (C=O) groups is 8. The molecular weight excluding hydrogens is 1730 g/mol. The zero-order valence-electron chi connectivity index (χ0n) is 78.6. The first-order chi connectivity index (χ1) is 65.7. The third kappa shape index (κ3) is 20.9. The van der Waals surface area contributed by atoms with Crippen LogP contribution in [-0.2, 0) is 39.3 Å². The minimum Gasteiger partial charge on any atom is -0.493 e. The summed E-state index contributed by atoms with van der Waals surface area (Å²) in [4.78, 5) is 136. The molecule has 10 heterocycles. The van der Waals surface area contributed by atoms with E-state index in [9.17, 15) is 38.4 Å². The van der Waals surface area contributed by atoms with Crippen molar-refractivity contribution in [1.82, 2.24) is 44.2 Å². The predicted molar refractivity (Wildman–Crippen MR) is 518 cm³/mol. The quantitative estimate of drug-likeness (QED) is 0.0413. The molecule has 30 heteroatoms. The molecule has 0 bridgehead atoms. The lowest BCUT2D eigenvalue weighted by Crippen LogP contribution is -2.48. The van der Waals surface area contributed by atoms with Gasteiger partial charge in [0.1, 0.15) is 0 Å². The largest absolute Gasteiger partial charge is 0.493 e. The lowest BCUT2D eigenvalue weighted by Gasteiger charge is -2.37. The number of rotatable bonds is 28. The number of pyridine rings is 1. The number of ether oxygens (including phenoxy) is 8. The van der Waals surface area contributed by atoms with E-state index < -0.39 is 0 Å². The second-order valence-electron chi connectivity index (χ2n) is 35.4. The van der Waals surface area contributed by atoms with Crippen LogP contribution in [0.4, 0.5) is 22.7 Å². The van der Waals surface area contributed by atoms with E-state index in [0.717, 1.165) is 175 Å². The SMILES string of the molecule is COc1ccc(CN2C(=O)c3cccc(N4CCN(CC(C)C)CC4)c3C2=O)cc1OC.COc1ccc(CN2C(=O)c3cccc(N4CCN(CC5CCCC5)CC4)c3C2=O)cc1OC.COc1ccc(CN2C(=O)c3cccc(N4CCN(Cc5cccnc5)CC4)c3C2=O)cc1OC.COc1ccc(CN2C(=O)c3cccc(N4CCN(Cc5cccs5)CC4)c3C2=O)cc1OC. The fourth-order valence-corrected chi connectivity index (χ4v) is 20.4. The van der Waals surface area contributed by atoms with Crippen LogP contribution in [0.5, 0.6) is 46.0 Å². The van der Waals surface area contributed by atoms with Crippen LogP contribution < -0.4 is 57.5 Å². The number of anilines is 4. The summed E-state index contributed by atoms with van der Waals surface area (Å²) in [6.45, 7) is 23.4. The fraction of sp³-hybridized carbons (Fsp3) is 0.381. The highest BCUT2D eigenvalue weighted by Gasteiger charge is 2.44. The Labute approximate surface area is 793 Å². The Morgan fingerprint density at radius 1 is 0.311 bits per heavy atom. The number of carbonyl (C=O) groups excluding carboxylic acids is 8. The Bertz CT molecular complexity index is 5960. The van der Waals surface area contributed by atoms with Crippen molar-refractivity contribution < 1.29 is 76.3 Å². The molecule has 0 atom stereocenters. The molecule has 0 spiro atoms. The average molecular weight is 1850 g/mol. The van der Waals surface area contributed by atoms with Crippen LogP contribution in [0.3, 0.4) is 0 Å². The lowest BCUT2D eigenvalue weighted by atomic mass is 10.0. The summed E-state index contributed by atoms with van der Waals surface area (Å²) in [7, 11) is 12.6. The van der Waals surface area contributed by atoms with E-state index in [2.05, 4.69) is 81.6 Å². The first-order valence-electron chi connectivity index (χ1n) is 46.3. The van der Waals surface area contributed by atoms with E-state index in [1.165, 1.54) is 62.3 Å². The number of hydrogen-bond acceptors (Lipinski definition) is 26. The number of nitrogens with zero attached hydrogens (tertiary/aromatic N) is 13. The highest BCUT2D eigenvalue weighted by molar-refractivity contribution is 7.09. The molecule has 1 saturated carbocycles. The van der Waals surface area contributed by atoms with E-state index in [4.69, 9.17) is 37.9 Å². The number of benzene rings is 8. The van der Waals surface area contributed by atoms with Crippen molar-refractivity contribution in [3.63, 3.8) is 0 Å². The first kappa shape index (κ1) is 94.8. The van der Waals surface area contributed by atoms with Crippen molar-refractivity contribution >= 4 is 81.3 Å². The van der Waals surface area contributed by atoms with Gasteiger partial charge in [-0.05, 0) is 167 Å². The number of aromatic nitrogens is 1. The molecule has 8 aliphatic heterocycles. The Hall–Kier alpha value is -13.4. The molecule has 8 aromatic carbocycles. The van der Waals surface area contributed by atoms with E-state index >= 15 is 0 Å². The van der Waals surface area contributed by atoms with Crippen LogP contribution >= 0.6 is 11.3 Å². The van der Waals surface area contributed by atoms with Gasteiger partial charge in [-0.25, -0.2) is 0 Å². The summed E-state index contributed by atoms with van der Waals surface area (Å²) in [5, 5.41) is 2.11. The van der Waals surface area contributed by atoms with E-state index in [1.807, 2.05) is 91.1 Å². The van der Waals surface area contributed by atoms with Crippen LogP contribution in [-0.4, -0.2) is 266 Å². The van der Waals surface area contributed by atoms with Crippen molar-refractivity contribution in [2.24, 2.45) is 11.8 Å². The highest BCUT2D eigenvalue weighted by Crippen LogP contribution is 2.42. The van der Waals surface area contributed by atoms with Gasteiger partial charge in [0.2, 0.25) is 0 Å². The molecular formula is C105H119N13O16S. The van der Waals surface area contributed by atoms with Crippen LogP contribution in [0.25, 0.3) is 0 Å². The number of piperazine rings is 4. The number of fused-ring (bicyclic) bond motifs is 4. The van der Waals surface area contributed by atoms with Crippen LogP contribution in [0.2, 0.25) is 0 Å². The standard InChI is InChI=1S/C27H28N4O4.C27H33N3O4.C26H27N3O4S.C25H31N3O4/c1-34-23-9-8-19(15-24(23)35-2)18-31-26(32)21-6-3-7-22(25(21)27(31)33)30-13-11-29(12-14-30)17-20-5-4-10-28-16-20;1-33-23-11-10-20(16-24(23)34-2)18-30-26(31)21-8-5-9-22(25(21)27(30)32)29-14-12-28(13-15-29)17-19-6-3-4-7-19;1-32-22-9-8-18(15-23(22)33-2)16-29-25(30)20-6-3-7-21(24(20)26(29)31)28-12-10-27(11-13-28)17-19-5-4-14-34-19;1-17(2)15-26-10-12-27(13-11-26)20-7-5-6-19-23(20)25(30)28(24(19)29)16-18-8-9-21(31-3)22(14-18)32-4/h3-10,15-16H,11-14,17-18H2,1-2H3;5,8-11,16,19H,3-4,6-7,12-15,17-18H2,1-2H3;3-9,14-15H,10-13,16-17H2,1-2H3;5-9,14,17H,10-13,15-16H2,1-4H3. The van der Waals surface area contributed by atoms with E-state index in [1.54, 1.807) is 141 Å². The van der Waals surface area contributed by atoms with Crippen LogP contribution in [0, 0.1) is 11.8 Å². The van der Waals surface area contributed by atoms with Crippen LogP contribution in [0.1, 0.15) is 155 Å². The van der Waals surface area contributed by atoms with Gasteiger partial charge >= 0.3 is 0 Å². The summed E-state index contributed by atoms with van der Waals surface area (Å²) >= 11 is 1.78. The normalized spacial score (nSPS) is 17.0. The lowest BCUT2D eigenvalue weighted by molar-refractivity contribution is 0.0627. The van der Waals surface area contributed by atoms with Gasteiger partial charge in [0.05, 0.1) is 150 Å². The van der Waals surface area contributed by atoms with Gasteiger partial charge in [-0.1, -0.05) is 87.4 Å². The molecule has 706 valence electrons. The van der Waals surface area contributed by atoms with Gasteiger partial charge in [0, 0.05) is 148 Å².